The van der Waals surface area contributed by atoms with Gasteiger partial charge in [0.2, 0.25) is 5.91 Å². The summed E-state index contributed by atoms with van der Waals surface area (Å²) in [6.07, 6.45) is 2.48. The van der Waals surface area contributed by atoms with Gasteiger partial charge in [-0.25, -0.2) is 4.79 Å². The van der Waals surface area contributed by atoms with E-state index >= 15 is 0 Å². The highest BCUT2D eigenvalue weighted by molar-refractivity contribution is 7.16. The first-order chi connectivity index (χ1) is 11.3. The lowest BCUT2D eigenvalue weighted by atomic mass is 9.79. The molecule has 0 spiro atoms. The Morgan fingerprint density at radius 1 is 1.25 bits per heavy atom. The Morgan fingerprint density at radius 2 is 1.88 bits per heavy atom. The third-order valence-electron chi connectivity index (χ3n) is 4.07. The second-order valence-electron chi connectivity index (χ2n) is 6.38. The number of esters is 1. The third kappa shape index (κ3) is 4.35. The van der Waals surface area contributed by atoms with Crippen LogP contribution in [0.4, 0.5) is 5.00 Å². The van der Waals surface area contributed by atoms with Crippen molar-refractivity contribution in [3.8, 4) is 0 Å². The molecule has 1 amide bonds. The van der Waals surface area contributed by atoms with Crippen LogP contribution in [0.2, 0.25) is 0 Å². The highest BCUT2D eigenvalue weighted by atomic mass is 32.1. The molecule has 7 heteroatoms. The zero-order chi connectivity index (χ0) is 17.9. The summed E-state index contributed by atoms with van der Waals surface area (Å²) in [5, 5.41) is 12.5. The summed E-state index contributed by atoms with van der Waals surface area (Å²) < 4.78 is 5.20. The lowest BCUT2D eigenvalue weighted by molar-refractivity contribution is -0.147. The molecule has 1 aliphatic rings. The molecule has 0 radical (unpaired) electrons. The number of ether oxygens (including phenoxy) is 1. The van der Waals surface area contributed by atoms with E-state index in [4.69, 9.17) is 4.74 Å². The molecule has 0 unspecified atom stereocenters. The molecule has 1 aliphatic carbocycles. The van der Waals surface area contributed by atoms with Gasteiger partial charge in [0, 0.05) is 4.88 Å². The second kappa shape index (κ2) is 7.79. The quantitative estimate of drug-likeness (QED) is 0.791. The standard InChI is InChI=1S/C17H23NO5S/c1-9(2)23-17(22)13-8-10(3)24-15(13)18-14(19)11-6-4-5-7-12(11)16(20)21/h8-9,11-12H,4-7H2,1-3H3,(H,18,19)(H,20,21)/t11-,12-/m0/s1. The van der Waals surface area contributed by atoms with Crippen LogP contribution in [0, 0.1) is 18.8 Å². The molecule has 1 aromatic rings. The molecule has 1 saturated carbocycles. The first-order valence-corrected chi connectivity index (χ1v) is 8.96. The minimum atomic E-state index is -0.934. The van der Waals surface area contributed by atoms with Crippen LogP contribution in [-0.4, -0.2) is 29.1 Å². The Morgan fingerprint density at radius 3 is 2.46 bits per heavy atom. The molecule has 1 fully saturated rings. The lowest BCUT2D eigenvalue weighted by Gasteiger charge is -2.27. The van der Waals surface area contributed by atoms with E-state index in [0.717, 1.165) is 17.7 Å². The zero-order valence-corrected chi connectivity index (χ0v) is 14.9. The maximum Gasteiger partial charge on any atom is 0.341 e. The molecular formula is C17H23NO5S. The number of thiophene rings is 1. The summed E-state index contributed by atoms with van der Waals surface area (Å²) in [7, 11) is 0. The van der Waals surface area contributed by atoms with Crippen LogP contribution in [-0.2, 0) is 14.3 Å². The van der Waals surface area contributed by atoms with Gasteiger partial charge in [-0.3, -0.25) is 9.59 Å². The van der Waals surface area contributed by atoms with E-state index in [2.05, 4.69) is 5.32 Å². The minimum Gasteiger partial charge on any atom is -0.481 e. The molecule has 0 bridgehead atoms. The van der Waals surface area contributed by atoms with Crippen molar-refractivity contribution >= 4 is 34.2 Å². The molecule has 0 saturated heterocycles. The normalized spacial score (nSPS) is 20.7. The average molecular weight is 353 g/mol. The summed E-state index contributed by atoms with van der Waals surface area (Å²) in [5.74, 6) is -2.97. The number of amides is 1. The monoisotopic (exact) mass is 353 g/mol. The van der Waals surface area contributed by atoms with E-state index < -0.39 is 23.8 Å². The molecule has 0 aromatic carbocycles. The molecule has 0 aliphatic heterocycles. The fraction of sp³-hybridized carbons (Fsp3) is 0.588. The Balaban J connectivity index is 2.16. The van der Waals surface area contributed by atoms with Crippen molar-refractivity contribution in [3.63, 3.8) is 0 Å². The van der Waals surface area contributed by atoms with Gasteiger partial charge in [-0.15, -0.1) is 11.3 Å². The van der Waals surface area contributed by atoms with Gasteiger partial charge < -0.3 is 15.2 Å². The van der Waals surface area contributed by atoms with Crippen LogP contribution in [0.5, 0.6) is 0 Å². The Hall–Kier alpha value is -1.89. The molecule has 6 nitrogen and oxygen atoms in total. The smallest absolute Gasteiger partial charge is 0.341 e. The van der Waals surface area contributed by atoms with Crippen LogP contribution in [0.25, 0.3) is 0 Å². The van der Waals surface area contributed by atoms with Gasteiger partial charge >= 0.3 is 11.9 Å². The SMILES string of the molecule is Cc1cc(C(=O)OC(C)C)c(NC(=O)[C@H]2CCCC[C@@H]2C(=O)O)s1. The van der Waals surface area contributed by atoms with E-state index in [0.29, 0.717) is 23.4 Å². The van der Waals surface area contributed by atoms with Crippen LogP contribution >= 0.6 is 11.3 Å². The van der Waals surface area contributed by atoms with Crippen LogP contribution in [0.15, 0.2) is 6.07 Å². The largest absolute Gasteiger partial charge is 0.481 e. The van der Waals surface area contributed by atoms with Gasteiger partial charge in [-0.05, 0) is 39.7 Å². The maximum atomic E-state index is 12.6. The van der Waals surface area contributed by atoms with E-state index in [9.17, 15) is 19.5 Å². The molecule has 24 heavy (non-hydrogen) atoms. The Bertz CT molecular complexity index is 637. The van der Waals surface area contributed by atoms with Crippen molar-refractivity contribution in [2.24, 2.45) is 11.8 Å². The number of carboxylic acid groups (broad SMARTS) is 1. The van der Waals surface area contributed by atoms with E-state index in [1.807, 2.05) is 6.92 Å². The lowest BCUT2D eigenvalue weighted by Crippen LogP contribution is -2.36. The highest BCUT2D eigenvalue weighted by Gasteiger charge is 2.36. The summed E-state index contributed by atoms with van der Waals surface area (Å²) in [4.78, 5) is 37.0. The molecule has 1 heterocycles. The number of carbonyl (C=O) groups is 3. The summed E-state index contributed by atoms with van der Waals surface area (Å²) in [5.41, 5.74) is 0.322. The van der Waals surface area contributed by atoms with Crippen molar-refractivity contribution in [1.82, 2.24) is 0 Å². The van der Waals surface area contributed by atoms with E-state index in [-0.39, 0.29) is 12.0 Å². The van der Waals surface area contributed by atoms with E-state index in [1.54, 1.807) is 19.9 Å². The molecule has 132 valence electrons. The van der Waals surface area contributed by atoms with Gasteiger partial charge in [-0.2, -0.15) is 0 Å². The van der Waals surface area contributed by atoms with Gasteiger partial charge in [0.1, 0.15) is 5.00 Å². The Kier molecular flexibility index (Phi) is 5.99. The molecule has 2 N–H and O–H groups in total. The molecular weight excluding hydrogens is 330 g/mol. The molecule has 2 rings (SSSR count). The molecule has 2 atom stereocenters. The Labute approximate surface area is 145 Å². The van der Waals surface area contributed by atoms with Crippen molar-refractivity contribution in [2.75, 3.05) is 5.32 Å². The van der Waals surface area contributed by atoms with Crippen molar-refractivity contribution in [1.29, 1.82) is 0 Å². The number of anilines is 1. The van der Waals surface area contributed by atoms with Crippen molar-refractivity contribution in [2.45, 2.75) is 52.6 Å². The number of carboxylic acids is 1. The van der Waals surface area contributed by atoms with Crippen molar-refractivity contribution in [3.05, 3.63) is 16.5 Å². The number of nitrogens with one attached hydrogen (secondary N) is 1. The van der Waals surface area contributed by atoms with Crippen LogP contribution in [0.3, 0.4) is 0 Å². The number of hydrogen-bond donors (Lipinski definition) is 2. The number of aryl methyl sites for hydroxylation is 1. The number of aliphatic carboxylic acids is 1. The summed E-state index contributed by atoms with van der Waals surface area (Å²) in [6.45, 7) is 5.36. The van der Waals surface area contributed by atoms with Crippen molar-refractivity contribution < 1.29 is 24.2 Å². The third-order valence-corrected chi connectivity index (χ3v) is 5.04. The van der Waals surface area contributed by atoms with Crippen LogP contribution in [0.1, 0.15) is 54.8 Å². The summed E-state index contributed by atoms with van der Waals surface area (Å²) >= 11 is 1.29. The summed E-state index contributed by atoms with van der Waals surface area (Å²) in [6, 6.07) is 1.68. The fourth-order valence-electron chi connectivity index (χ4n) is 2.98. The predicted molar refractivity (Wildman–Crippen MR) is 91.3 cm³/mol. The zero-order valence-electron chi connectivity index (χ0n) is 14.1. The van der Waals surface area contributed by atoms with Crippen LogP contribution < -0.4 is 5.32 Å². The number of carbonyl (C=O) groups excluding carboxylic acids is 2. The first kappa shape index (κ1) is 18.4. The first-order valence-electron chi connectivity index (χ1n) is 8.14. The maximum absolute atomic E-state index is 12.6. The minimum absolute atomic E-state index is 0.254. The topological polar surface area (TPSA) is 92.7 Å². The number of hydrogen-bond acceptors (Lipinski definition) is 5. The molecule has 1 aromatic heterocycles. The van der Waals surface area contributed by atoms with Gasteiger partial charge in [0.05, 0.1) is 23.5 Å². The fourth-order valence-corrected chi connectivity index (χ4v) is 3.88. The van der Waals surface area contributed by atoms with Gasteiger partial charge in [0.25, 0.3) is 0 Å². The number of rotatable bonds is 5. The average Bonchev–Trinajstić information content (AvgIpc) is 2.87. The van der Waals surface area contributed by atoms with Gasteiger partial charge in [-0.1, -0.05) is 12.8 Å². The highest BCUT2D eigenvalue weighted by Crippen LogP contribution is 2.34. The predicted octanol–water partition coefficient (Wildman–Crippen LogP) is 3.45. The van der Waals surface area contributed by atoms with E-state index in [1.165, 1.54) is 11.3 Å². The van der Waals surface area contributed by atoms with Gasteiger partial charge in [0.15, 0.2) is 0 Å². The second-order valence-corrected chi connectivity index (χ2v) is 7.64.